The number of nitrogens with zero attached hydrogens (tertiary/aromatic N) is 1. The number of halogens is 2. The molecule has 0 aliphatic rings. The van der Waals surface area contributed by atoms with Crippen LogP contribution in [-0.4, -0.2) is 11.6 Å². The number of benzene rings is 2. The standard InChI is InChI=1S/C18H15ClFNO2/c1-18(2,3)23-17(22)12-5-7-14(19)13(9-12)11-6-8-16(21-4)15(20)10-11/h5-10H,1-3H3. The molecule has 0 heterocycles. The van der Waals surface area contributed by atoms with E-state index in [1.807, 2.05) is 0 Å². The fraction of sp³-hybridized carbons (Fsp3) is 0.222. The molecule has 0 unspecified atom stereocenters. The average molecular weight is 332 g/mol. The smallest absolute Gasteiger partial charge is 0.338 e. The summed E-state index contributed by atoms with van der Waals surface area (Å²) in [5.41, 5.74) is 0.651. The SMILES string of the molecule is [C-]#[N+]c1ccc(-c2cc(C(=O)OC(C)(C)C)ccc2Cl)cc1F. The molecular formula is C18H15ClFNO2. The summed E-state index contributed by atoms with van der Waals surface area (Å²) in [6.07, 6.45) is 0. The molecule has 0 aromatic heterocycles. The molecule has 0 aliphatic carbocycles. The Kier molecular flexibility index (Phi) is 4.72. The predicted octanol–water partition coefficient (Wildman–Crippen LogP) is 5.65. The zero-order chi connectivity index (χ0) is 17.2. The maximum Gasteiger partial charge on any atom is 0.338 e. The highest BCUT2D eigenvalue weighted by molar-refractivity contribution is 6.33. The van der Waals surface area contributed by atoms with Gasteiger partial charge in [-0.1, -0.05) is 23.7 Å². The van der Waals surface area contributed by atoms with E-state index in [0.29, 0.717) is 21.7 Å². The first-order chi connectivity index (χ1) is 10.7. The third-order valence-corrected chi connectivity index (χ3v) is 3.31. The predicted molar refractivity (Wildman–Crippen MR) is 88.3 cm³/mol. The molecule has 3 nitrogen and oxygen atoms in total. The van der Waals surface area contributed by atoms with Gasteiger partial charge in [-0.15, -0.1) is 0 Å². The second-order valence-electron chi connectivity index (χ2n) is 5.97. The van der Waals surface area contributed by atoms with Crippen LogP contribution in [0, 0.1) is 12.4 Å². The van der Waals surface area contributed by atoms with Crippen molar-refractivity contribution in [2.24, 2.45) is 0 Å². The third kappa shape index (κ3) is 4.08. The van der Waals surface area contributed by atoms with E-state index in [1.165, 1.54) is 12.1 Å². The molecule has 0 aliphatic heterocycles. The average Bonchev–Trinajstić information content (AvgIpc) is 2.45. The van der Waals surface area contributed by atoms with Crippen LogP contribution in [-0.2, 0) is 4.74 Å². The summed E-state index contributed by atoms with van der Waals surface area (Å²) >= 11 is 6.16. The van der Waals surface area contributed by atoms with Crippen LogP contribution in [0.2, 0.25) is 5.02 Å². The topological polar surface area (TPSA) is 30.7 Å². The molecule has 2 rings (SSSR count). The maximum atomic E-state index is 13.8. The molecule has 118 valence electrons. The molecule has 0 saturated heterocycles. The lowest BCUT2D eigenvalue weighted by Crippen LogP contribution is -2.23. The molecule has 0 bridgehead atoms. The van der Waals surface area contributed by atoms with Crippen molar-refractivity contribution in [1.29, 1.82) is 0 Å². The van der Waals surface area contributed by atoms with E-state index in [0.717, 1.165) is 0 Å². The van der Waals surface area contributed by atoms with Gasteiger partial charge in [-0.25, -0.2) is 14.0 Å². The minimum Gasteiger partial charge on any atom is -0.456 e. The van der Waals surface area contributed by atoms with Crippen LogP contribution in [0.5, 0.6) is 0 Å². The normalized spacial score (nSPS) is 11.0. The largest absolute Gasteiger partial charge is 0.456 e. The Morgan fingerprint density at radius 3 is 2.48 bits per heavy atom. The van der Waals surface area contributed by atoms with Crippen LogP contribution in [0.1, 0.15) is 31.1 Å². The first-order valence-corrected chi connectivity index (χ1v) is 7.29. The second-order valence-corrected chi connectivity index (χ2v) is 6.38. The van der Waals surface area contributed by atoms with E-state index in [9.17, 15) is 9.18 Å². The molecule has 0 radical (unpaired) electrons. The molecule has 0 N–H and O–H groups in total. The van der Waals surface area contributed by atoms with Crippen molar-refractivity contribution in [1.82, 2.24) is 0 Å². The van der Waals surface area contributed by atoms with Crippen LogP contribution in [0.3, 0.4) is 0 Å². The number of hydrogen-bond donors (Lipinski definition) is 0. The van der Waals surface area contributed by atoms with Crippen molar-refractivity contribution < 1.29 is 13.9 Å². The lowest BCUT2D eigenvalue weighted by molar-refractivity contribution is 0.00696. The van der Waals surface area contributed by atoms with Gasteiger partial charge in [0.2, 0.25) is 5.69 Å². The zero-order valence-corrected chi connectivity index (χ0v) is 13.7. The molecule has 0 spiro atoms. The summed E-state index contributed by atoms with van der Waals surface area (Å²) in [5, 5.41) is 0.382. The highest BCUT2D eigenvalue weighted by atomic mass is 35.5. The van der Waals surface area contributed by atoms with Crippen LogP contribution < -0.4 is 0 Å². The number of carbonyl (C=O) groups is 1. The Morgan fingerprint density at radius 2 is 1.91 bits per heavy atom. The van der Waals surface area contributed by atoms with Crippen LogP contribution in [0.4, 0.5) is 10.1 Å². The minimum absolute atomic E-state index is 0.0619. The van der Waals surface area contributed by atoms with Gasteiger partial charge in [0, 0.05) is 10.6 Å². The fourth-order valence-corrected chi connectivity index (χ4v) is 2.20. The molecule has 0 atom stereocenters. The summed E-state index contributed by atoms with van der Waals surface area (Å²) in [6, 6.07) is 8.89. The van der Waals surface area contributed by atoms with Gasteiger partial charge in [0.05, 0.1) is 12.1 Å². The van der Waals surface area contributed by atoms with Crippen LogP contribution in [0.15, 0.2) is 36.4 Å². The van der Waals surface area contributed by atoms with E-state index in [-0.39, 0.29) is 5.69 Å². The van der Waals surface area contributed by atoms with Gasteiger partial charge in [0.15, 0.2) is 0 Å². The molecule has 0 fully saturated rings. The number of hydrogen-bond acceptors (Lipinski definition) is 2. The first kappa shape index (κ1) is 17.0. The number of ether oxygens (including phenoxy) is 1. The number of rotatable bonds is 2. The number of carbonyl (C=O) groups excluding carboxylic acids is 1. The Morgan fingerprint density at radius 1 is 1.22 bits per heavy atom. The summed E-state index contributed by atoms with van der Waals surface area (Å²) in [5.74, 6) is -1.11. The van der Waals surface area contributed by atoms with Crippen LogP contribution in [0.25, 0.3) is 16.0 Å². The van der Waals surface area contributed by atoms with E-state index >= 15 is 0 Å². The van der Waals surface area contributed by atoms with E-state index in [1.54, 1.807) is 45.0 Å². The van der Waals surface area contributed by atoms with E-state index in [2.05, 4.69) is 4.85 Å². The minimum atomic E-state index is -0.628. The zero-order valence-electron chi connectivity index (χ0n) is 13.0. The van der Waals surface area contributed by atoms with Gasteiger partial charge in [0.1, 0.15) is 11.4 Å². The summed E-state index contributed by atoms with van der Waals surface area (Å²) in [7, 11) is 0. The first-order valence-electron chi connectivity index (χ1n) is 6.91. The molecule has 0 saturated carbocycles. The highest BCUT2D eigenvalue weighted by Gasteiger charge is 2.19. The van der Waals surface area contributed by atoms with Gasteiger partial charge in [-0.3, -0.25) is 0 Å². The van der Waals surface area contributed by atoms with Crippen molar-refractivity contribution in [3.8, 4) is 11.1 Å². The van der Waals surface area contributed by atoms with Crippen molar-refractivity contribution in [3.63, 3.8) is 0 Å². The van der Waals surface area contributed by atoms with Crippen LogP contribution >= 0.6 is 11.6 Å². The van der Waals surface area contributed by atoms with Crippen molar-refractivity contribution in [3.05, 3.63) is 64.2 Å². The van der Waals surface area contributed by atoms with Gasteiger partial charge in [-0.2, -0.15) is 0 Å². The quantitative estimate of drug-likeness (QED) is 0.525. The summed E-state index contributed by atoms with van der Waals surface area (Å²) in [4.78, 5) is 15.2. The lowest BCUT2D eigenvalue weighted by atomic mass is 10.0. The maximum absolute atomic E-state index is 13.8. The molecule has 2 aromatic rings. The molecule has 23 heavy (non-hydrogen) atoms. The molecule has 5 heteroatoms. The summed E-state index contributed by atoms with van der Waals surface area (Å²) in [6.45, 7) is 12.2. The molecular weight excluding hydrogens is 317 g/mol. The highest BCUT2D eigenvalue weighted by Crippen LogP contribution is 2.32. The third-order valence-electron chi connectivity index (χ3n) is 2.98. The second kappa shape index (κ2) is 6.39. The Balaban J connectivity index is 2.44. The van der Waals surface area contributed by atoms with Crippen molar-refractivity contribution >= 4 is 23.3 Å². The van der Waals surface area contributed by atoms with E-state index in [4.69, 9.17) is 22.9 Å². The number of esters is 1. The molecule has 0 amide bonds. The van der Waals surface area contributed by atoms with Gasteiger partial charge < -0.3 is 4.74 Å². The Bertz CT molecular complexity index is 804. The van der Waals surface area contributed by atoms with Gasteiger partial charge in [-0.05, 0) is 50.6 Å². The van der Waals surface area contributed by atoms with Gasteiger partial charge >= 0.3 is 5.97 Å². The van der Waals surface area contributed by atoms with E-state index < -0.39 is 17.4 Å². The fourth-order valence-electron chi connectivity index (χ4n) is 1.98. The monoisotopic (exact) mass is 331 g/mol. The van der Waals surface area contributed by atoms with Crippen molar-refractivity contribution in [2.75, 3.05) is 0 Å². The Hall–Kier alpha value is -2.38. The van der Waals surface area contributed by atoms with Crippen molar-refractivity contribution in [2.45, 2.75) is 26.4 Å². The Labute approximate surface area is 139 Å². The molecule has 2 aromatic carbocycles. The summed E-state index contributed by atoms with van der Waals surface area (Å²) < 4.78 is 19.1. The lowest BCUT2D eigenvalue weighted by Gasteiger charge is -2.19. The van der Waals surface area contributed by atoms with Gasteiger partial charge in [0.25, 0.3) is 0 Å².